The summed E-state index contributed by atoms with van der Waals surface area (Å²) >= 11 is 3.29. The Kier molecular flexibility index (Phi) is 10.8. The van der Waals surface area contributed by atoms with Crippen LogP contribution in [0.2, 0.25) is 0 Å². The van der Waals surface area contributed by atoms with Crippen molar-refractivity contribution in [1.29, 1.82) is 0 Å². The van der Waals surface area contributed by atoms with Gasteiger partial charge in [0.15, 0.2) is 5.13 Å². The molecule has 0 fully saturated rings. The fraction of sp³-hybridized carbons (Fsp3) is 0.417. The number of likely N-dealkylation sites (N-methyl/N-ethyl adjacent to an activating group) is 1. The van der Waals surface area contributed by atoms with Crippen molar-refractivity contribution >= 4 is 56.8 Å². The van der Waals surface area contributed by atoms with Gasteiger partial charge in [0, 0.05) is 30.2 Å². The van der Waals surface area contributed by atoms with E-state index in [0.29, 0.717) is 13.0 Å². The molecule has 3 rings (SSSR count). The number of fused-ring (bicyclic) bond motifs is 1. The van der Waals surface area contributed by atoms with Crippen LogP contribution in [0.4, 0.5) is 5.13 Å². The molecule has 0 bridgehead atoms. The van der Waals surface area contributed by atoms with Gasteiger partial charge in [-0.25, -0.2) is 4.98 Å². The van der Waals surface area contributed by atoms with Crippen LogP contribution in [0.25, 0.3) is 10.2 Å². The number of benzene rings is 2. The fourth-order valence-corrected chi connectivity index (χ4v) is 5.35. The first-order valence-corrected chi connectivity index (χ1v) is 12.5. The Labute approximate surface area is 205 Å². The maximum Gasteiger partial charge on any atom is 0.229 e. The van der Waals surface area contributed by atoms with Crippen LogP contribution < -0.4 is 9.64 Å². The molecule has 1 amide bonds. The molecule has 5 nitrogen and oxygen atoms in total. The van der Waals surface area contributed by atoms with E-state index in [9.17, 15) is 4.79 Å². The number of nitrogens with zero attached hydrogens (tertiary/aromatic N) is 3. The van der Waals surface area contributed by atoms with Crippen LogP contribution in [-0.4, -0.2) is 54.8 Å². The Morgan fingerprint density at radius 2 is 1.81 bits per heavy atom. The molecule has 174 valence electrons. The summed E-state index contributed by atoms with van der Waals surface area (Å²) in [5.41, 5.74) is 1.98. The second-order valence-electron chi connectivity index (χ2n) is 7.24. The van der Waals surface area contributed by atoms with Crippen LogP contribution in [0.15, 0.2) is 47.4 Å². The van der Waals surface area contributed by atoms with Crippen molar-refractivity contribution in [2.45, 2.75) is 32.1 Å². The van der Waals surface area contributed by atoms with Crippen molar-refractivity contribution in [3.8, 4) is 5.75 Å². The summed E-state index contributed by atoms with van der Waals surface area (Å²) < 4.78 is 6.59. The molecule has 2 aromatic carbocycles. The van der Waals surface area contributed by atoms with Crippen LogP contribution in [0.1, 0.15) is 25.8 Å². The monoisotopic (exact) mass is 493 g/mol. The first-order chi connectivity index (χ1) is 15.1. The molecule has 32 heavy (non-hydrogen) atoms. The number of hydrogen-bond donors (Lipinski definition) is 0. The van der Waals surface area contributed by atoms with E-state index in [-0.39, 0.29) is 18.3 Å². The van der Waals surface area contributed by atoms with Crippen LogP contribution in [-0.2, 0) is 4.79 Å². The zero-order valence-corrected chi connectivity index (χ0v) is 21.6. The number of ether oxygens (including phenoxy) is 1. The third-order valence-corrected chi connectivity index (χ3v) is 7.53. The Morgan fingerprint density at radius 1 is 1.09 bits per heavy atom. The molecule has 0 aliphatic carbocycles. The van der Waals surface area contributed by atoms with Crippen LogP contribution in [0.3, 0.4) is 0 Å². The zero-order chi connectivity index (χ0) is 22.2. The number of methoxy groups -OCH3 is 1. The number of carbonyl (C=O) groups is 1. The number of hydrogen-bond acceptors (Lipinski definition) is 6. The summed E-state index contributed by atoms with van der Waals surface area (Å²) in [6.45, 7) is 9.77. The Morgan fingerprint density at radius 3 is 2.47 bits per heavy atom. The van der Waals surface area contributed by atoms with Gasteiger partial charge in [-0.1, -0.05) is 49.4 Å². The maximum absolute atomic E-state index is 13.3. The van der Waals surface area contributed by atoms with E-state index < -0.39 is 0 Å². The molecule has 0 radical (unpaired) electrons. The number of thioether (sulfide) groups is 1. The molecule has 0 saturated heterocycles. The van der Waals surface area contributed by atoms with Gasteiger partial charge in [0.1, 0.15) is 11.3 Å². The molecule has 0 atom stereocenters. The molecule has 1 heterocycles. The lowest BCUT2D eigenvalue weighted by atomic mass is 10.2. The summed E-state index contributed by atoms with van der Waals surface area (Å²) in [6.07, 6.45) is 0.476. The van der Waals surface area contributed by atoms with Gasteiger partial charge in [-0.2, -0.15) is 0 Å². The number of thiazole rings is 1. The van der Waals surface area contributed by atoms with E-state index in [1.165, 1.54) is 4.90 Å². The second kappa shape index (κ2) is 13.0. The Balaban J connectivity index is 0.00000363. The first kappa shape index (κ1) is 26.5. The lowest BCUT2D eigenvalue weighted by Crippen LogP contribution is -2.39. The van der Waals surface area contributed by atoms with Crippen LogP contribution >= 0.6 is 35.5 Å². The van der Waals surface area contributed by atoms with Crippen molar-refractivity contribution in [2.75, 3.05) is 43.9 Å². The SMILES string of the molecule is CCN(CC)CCN(C(=O)CCSc1ccccc1)c1nc2c(OC)ccc(C)c2s1.Cl. The molecular weight excluding hydrogens is 462 g/mol. The lowest BCUT2D eigenvalue weighted by Gasteiger charge is -2.24. The molecule has 0 aliphatic rings. The Bertz CT molecular complexity index is 994. The number of rotatable bonds is 11. The first-order valence-electron chi connectivity index (χ1n) is 10.7. The largest absolute Gasteiger partial charge is 0.494 e. The van der Waals surface area contributed by atoms with Crippen LogP contribution in [0.5, 0.6) is 5.75 Å². The van der Waals surface area contributed by atoms with Gasteiger partial charge >= 0.3 is 0 Å². The molecule has 0 spiro atoms. The van der Waals surface area contributed by atoms with Gasteiger partial charge in [-0.3, -0.25) is 9.69 Å². The number of halogens is 1. The third-order valence-electron chi connectivity index (χ3n) is 5.31. The number of aryl methyl sites for hydroxylation is 1. The zero-order valence-electron chi connectivity index (χ0n) is 19.2. The molecule has 8 heteroatoms. The minimum Gasteiger partial charge on any atom is -0.494 e. The number of carbonyl (C=O) groups excluding carboxylic acids is 1. The van der Waals surface area contributed by atoms with E-state index >= 15 is 0 Å². The maximum atomic E-state index is 13.3. The van der Waals surface area contributed by atoms with Gasteiger partial charge in [0.25, 0.3) is 0 Å². The Hall–Kier alpha value is -1.80. The smallest absolute Gasteiger partial charge is 0.229 e. The van der Waals surface area contributed by atoms with Gasteiger partial charge in [0.2, 0.25) is 5.91 Å². The molecule has 3 aromatic rings. The highest BCUT2D eigenvalue weighted by Gasteiger charge is 2.22. The summed E-state index contributed by atoms with van der Waals surface area (Å²) in [5.74, 6) is 1.61. The highest BCUT2D eigenvalue weighted by molar-refractivity contribution is 7.99. The van der Waals surface area contributed by atoms with E-state index in [1.807, 2.05) is 35.2 Å². The van der Waals surface area contributed by atoms with Gasteiger partial charge < -0.3 is 9.64 Å². The molecule has 0 N–H and O–H groups in total. The molecule has 1 aromatic heterocycles. The summed E-state index contributed by atoms with van der Waals surface area (Å²) in [5, 5.41) is 0.754. The minimum atomic E-state index is 0. The van der Waals surface area contributed by atoms with E-state index in [2.05, 4.69) is 37.8 Å². The number of amides is 1. The topological polar surface area (TPSA) is 45.7 Å². The standard InChI is InChI=1S/C24H31N3O2S2.ClH/c1-5-26(6-2)15-16-27(21(28)14-17-30-19-10-8-7-9-11-19)24-25-22-20(29-4)13-12-18(3)23(22)31-24;/h7-13H,5-6,14-17H2,1-4H3;1H. The van der Waals surface area contributed by atoms with E-state index in [1.54, 1.807) is 30.2 Å². The summed E-state index contributed by atoms with van der Waals surface area (Å²) in [4.78, 5) is 23.5. The fourth-order valence-electron chi connectivity index (χ4n) is 3.39. The van der Waals surface area contributed by atoms with Crippen molar-refractivity contribution in [3.05, 3.63) is 48.0 Å². The van der Waals surface area contributed by atoms with Gasteiger partial charge in [0.05, 0.1) is 11.8 Å². The summed E-state index contributed by atoms with van der Waals surface area (Å²) in [6, 6.07) is 14.2. The average molecular weight is 494 g/mol. The summed E-state index contributed by atoms with van der Waals surface area (Å²) in [7, 11) is 1.66. The van der Waals surface area contributed by atoms with Crippen molar-refractivity contribution in [3.63, 3.8) is 0 Å². The average Bonchev–Trinajstić information content (AvgIpc) is 3.24. The second-order valence-corrected chi connectivity index (χ2v) is 9.39. The van der Waals surface area contributed by atoms with Crippen molar-refractivity contribution in [2.24, 2.45) is 0 Å². The third kappa shape index (κ3) is 6.61. The molecular formula is C24H32ClN3O2S2. The molecule has 0 saturated carbocycles. The van der Waals surface area contributed by atoms with Gasteiger partial charge in [-0.05, 0) is 43.8 Å². The highest BCUT2D eigenvalue weighted by Crippen LogP contribution is 2.36. The highest BCUT2D eigenvalue weighted by atomic mass is 35.5. The van der Waals surface area contributed by atoms with E-state index in [4.69, 9.17) is 9.72 Å². The predicted molar refractivity (Wildman–Crippen MR) is 140 cm³/mol. The minimum absolute atomic E-state index is 0. The number of anilines is 1. The van der Waals surface area contributed by atoms with E-state index in [0.717, 1.165) is 52.0 Å². The number of aromatic nitrogens is 1. The normalized spacial score (nSPS) is 10.9. The van der Waals surface area contributed by atoms with Crippen molar-refractivity contribution < 1.29 is 9.53 Å². The van der Waals surface area contributed by atoms with Gasteiger partial charge in [-0.15, -0.1) is 24.2 Å². The predicted octanol–water partition coefficient (Wildman–Crippen LogP) is 5.89. The molecule has 0 unspecified atom stereocenters. The van der Waals surface area contributed by atoms with Crippen LogP contribution in [0, 0.1) is 6.92 Å². The lowest BCUT2D eigenvalue weighted by molar-refractivity contribution is -0.118. The quantitative estimate of drug-likeness (QED) is 0.311. The van der Waals surface area contributed by atoms with Crippen molar-refractivity contribution in [1.82, 2.24) is 9.88 Å². The molecule has 0 aliphatic heterocycles.